The van der Waals surface area contributed by atoms with Gasteiger partial charge in [-0.05, 0) is 38.5 Å². The molecular formula is C13H23NO3. The number of amides is 1. The topological polar surface area (TPSA) is 58.6 Å². The predicted octanol–water partition coefficient (Wildman–Crippen LogP) is 1.24. The van der Waals surface area contributed by atoms with E-state index in [1.165, 1.54) is 0 Å². The highest BCUT2D eigenvalue weighted by Crippen LogP contribution is 2.26. The van der Waals surface area contributed by atoms with Crippen LogP contribution in [0, 0.1) is 5.92 Å². The lowest BCUT2D eigenvalue weighted by Crippen LogP contribution is -2.38. The zero-order chi connectivity index (χ0) is 12.7. The van der Waals surface area contributed by atoms with E-state index in [1.807, 2.05) is 0 Å². The molecule has 0 aromatic rings. The molecule has 1 aliphatic carbocycles. The summed E-state index contributed by atoms with van der Waals surface area (Å²) in [6, 6.07) is 0. The summed E-state index contributed by atoms with van der Waals surface area (Å²) in [6.07, 6.45) is 5.24. The van der Waals surface area contributed by atoms with Crippen molar-refractivity contribution in [1.82, 2.24) is 5.32 Å². The van der Waals surface area contributed by atoms with Crippen molar-refractivity contribution in [3.8, 4) is 0 Å². The Morgan fingerprint density at radius 3 is 2.71 bits per heavy atom. The van der Waals surface area contributed by atoms with Gasteiger partial charge in [0.25, 0.3) is 0 Å². The molecule has 1 saturated carbocycles. The minimum atomic E-state index is -0.411. The summed E-state index contributed by atoms with van der Waals surface area (Å²) >= 11 is 0. The van der Waals surface area contributed by atoms with Crippen LogP contribution in [0.4, 0.5) is 0 Å². The fourth-order valence-electron chi connectivity index (χ4n) is 2.12. The lowest BCUT2D eigenvalue weighted by Gasteiger charge is -2.29. The molecule has 17 heavy (non-hydrogen) atoms. The lowest BCUT2D eigenvalue weighted by atomic mass is 9.88. The van der Waals surface area contributed by atoms with Crippen molar-refractivity contribution in [2.75, 3.05) is 13.2 Å². The lowest BCUT2D eigenvalue weighted by molar-refractivity contribution is -0.136. The van der Waals surface area contributed by atoms with Gasteiger partial charge in [0, 0.05) is 13.2 Å². The molecule has 4 heteroatoms. The van der Waals surface area contributed by atoms with Crippen LogP contribution in [-0.4, -0.2) is 36.4 Å². The maximum Gasteiger partial charge on any atom is 0.249 e. The van der Waals surface area contributed by atoms with E-state index in [-0.39, 0.29) is 18.6 Å². The molecule has 2 N–H and O–H groups in total. The Morgan fingerprint density at radius 2 is 2.18 bits per heavy atom. The number of hydrogen-bond acceptors (Lipinski definition) is 3. The van der Waals surface area contributed by atoms with E-state index >= 15 is 0 Å². The van der Waals surface area contributed by atoms with Crippen molar-refractivity contribution in [2.45, 2.75) is 44.8 Å². The second kappa shape index (κ2) is 7.45. The number of carbonyl (C=O) groups is 1. The molecule has 0 radical (unpaired) electrons. The normalized spacial score (nSPS) is 26.2. The van der Waals surface area contributed by atoms with E-state index in [0.29, 0.717) is 12.5 Å². The van der Waals surface area contributed by atoms with Crippen LogP contribution in [-0.2, 0) is 9.53 Å². The molecule has 0 heterocycles. The van der Waals surface area contributed by atoms with Crippen LogP contribution in [0.2, 0.25) is 0 Å². The Morgan fingerprint density at radius 1 is 1.53 bits per heavy atom. The Labute approximate surface area is 103 Å². The number of aliphatic hydroxyl groups is 1. The summed E-state index contributed by atoms with van der Waals surface area (Å²) in [5.41, 5.74) is 0. The zero-order valence-electron chi connectivity index (χ0n) is 10.5. The van der Waals surface area contributed by atoms with Crippen molar-refractivity contribution in [1.29, 1.82) is 0 Å². The Balaban J connectivity index is 2.24. The highest BCUT2D eigenvalue weighted by molar-refractivity contribution is 5.80. The molecule has 98 valence electrons. The van der Waals surface area contributed by atoms with Crippen LogP contribution < -0.4 is 5.32 Å². The summed E-state index contributed by atoms with van der Waals surface area (Å²) in [5.74, 6) is 0.328. The molecule has 1 fully saturated rings. The van der Waals surface area contributed by atoms with Gasteiger partial charge in [-0.15, -0.1) is 6.58 Å². The quantitative estimate of drug-likeness (QED) is 0.688. The van der Waals surface area contributed by atoms with Gasteiger partial charge in [0.15, 0.2) is 0 Å². The van der Waals surface area contributed by atoms with E-state index in [1.54, 1.807) is 13.0 Å². The summed E-state index contributed by atoms with van der Waals surface area (Å²) < 4.78 is 5.71. The van der Waals surface area contributed by atoms with Crippen molar-refractivity contribution < 1.29 is 14.6 Å². The Bertz CT molecular complexity index is 247. The average molecular weight is 241 g/mol. The first kappa shape index (κ1) is 14.2. The molecule has 1 amide bonds. The molecule has 1 atom stereocenters. The predicted molar refractivity (Wildman–Crippen MR) is 66.6 cm³/mol. The van der Waals surface area contributed by atoms with Gasteiger partial charge in [0.2, 0.25) is 5.91 Å². The first-order valence-corrected chi connectivity index (χ1v) is 6.32. The zero-order valence-corrected chi connectivity index (χ0v) is 10.5. The molecule has 0 bridgehead atoms. The van der Waals surface area contributed by atoms with Crippen LogP contribution in [0.3, 0.4) is 0 Å². The van der Waals surface area contributed by atoms with E-state index in [2.05, 4.69) is 11.9 Å². The van der Waals surface area contributed by atoms with Gasteiger partial charge < -0.3 is 15.2 Å². The molecule has 0 aromatic heterocycles. The van der Waals surface area contributed by atoms with Crippen LogP contribution in [0.15, 0.2) is 12.7 Å². The van der Waals surface area contributed by atoms with Gasteiger partial charge in [-0.1, -0.05) is 6.08 Å². The third kappa shape index (κ3) is 4.88. The van der Waals surface area contributed by atoms with Crippen LogP contribution in [0.5, 0.6) is 0 Å². The maximum atomic E-state index is 11.6. The molecule has 1 rings (SSSR count). The van der Waals surface area contributed by atoms with E-state index in [0.717, 1.165) is 25.7 Å². The second-order valence-electron chi connectivity index (χ2n) is 4.64. The van der Waals surface area contributed by atoms with Gasteiger partial charge >= 0.3 is 0 Å². The minimum Gasteiger partial charge on any atom is -0.396 e. The number of nitrogens with one attached hydrogen (secondary N) is 1. The van der Waals surface area contributed by atoms with Crippen molar-refractivity contribution in [3.63, 3.8) is 0 Å². The van der Waals surface area contributed by atoms with E-state index in [9.17, 15) is 4.79 Å². The first-order valence-electron chi connectivity index (χ1n) is 6.32. The highest BCUT2D eigenvalue weighted by atomic mass is 16.5. The van der Waals surface area contributed by atoms with Crippen molar-refractivity contribution in [3.05, 3.63) is 12.7 Å². The third-order valence-corrected chi connectivity index (χ3v) is 3.24. The minimum absolute atomic E-state index is 0.0887. The van der Waals surface area contributed by atoms with Gasteiger partial charge in [0.05, 0.1) is 6.10 Å². The number of hydrogen-bond donors (Lipinski definition) is 2. The summed E-state index contributed by atoms with van der Waals surface area (Å²) in [7, 11) is 0. The first-order chi connectivity index (χ1) is 8.17. The van der Waals surface area contributed by atoms with Crippen LogP contribution in [0.25, 0.3) is 0 Å². The number of aliphatic hydroxyl groups excluding tert-OH is 1. The second-order valence-corrected chi connectivity index (χ2v) is 4.64. The third-order valence-electron chi connectivity index (χ3n) is 3.24. The molecule has 0 spiro atoms. The summed E-state index contributed by atoms with van der Waals surface area (Å²) in [5, 5.41) is 11.7. The molecule has 1 unspecified atom stereocenters. The van der Waals surface area contributed by atoms with Gasteiger partial charge in [-0.2, -0.15) is 0 Å². The maximum absolute atomic E-state index is 11.6. The highest BCUT2D eigenvalue weighted by Gasteiger charge is 2.24. The van der Waals surface area contributed by atoms with Gasteiger partial charge in [-0.3, -0.25) is 4.79 Å². The fraction of sp³-hybridized carbons (Fsp3) is 0.769. The Hall–Kier alpha value is -0.870. The molecule has 4 nitrogen and oxygen atoms in total. The SMILES string of the molecule is C=CCNC(=O)C(C)OC1CCC(CO)CC1. The molecule has 0 saturated heterocycles. The summed E-state index contributed by atoms with van der Waals surface area (Å²) in [4.78, 5) is 11.6. The number of rotatable bonds is 6. The van der Waals surface area contributed by atoms with Crippen LogP contribution >= 0.6 is 0 Å². The van der Waals surface area contributed by atoms with Crippen LogP contribution in [0.1, 0.15) is 32.6 Å². The molecule has 0 aromatic carbocycles. The monoisotopic (exact) mass is 241 g/mol. The van der Waals surface area contributed by atoms with Gasteiger partial charge in [-0.25, -0.2) is 0 Å². The standard InChI is InChI=1S/C13H23NO3/c1-3-8-14-13(16)10(2)17-12-6-4-11(9-15)5-7-12/h3,10-12,15H,1,4-9H2,2H3,(H,14,16). The number of ether oxygens (including phenoxy) is 1. The smallest absolute Gasteiger partial charge is 0.249 e. The molecular weight excluding hydrogens is 218 g/mol. The van der Waals surface area contributed by atoms with E-state index < -0.39 is 6.10 Å². The van der Waals surface area contributed by atoms with Crippen molar-refractivity contribution >= 4 is 5.91 Å². The van der Waals surface area contributed by atoms with Crippen molar-refractivity contribution in [2.24, 2.45) is 5.92 Å². The number of carbonyl (C=O) groups excluding carboxylic acids is 1. The Kier molecular flexibility index (Phi) is 6.22. The summed E-state index contributed by atoms with van der Waals surface area (Å²) in [6.45, 7) is 6.06. The average Bonchev–Trinajstić information content (AvgIpc) is 2.36. The fourth-order valence-corrected chi connectivity index (χ4v) is 2.12. The molecule has 1 aliphatic rings. The van der Waals surface area contributed by atoms with Gasteiger partial charge in [0.1, 0.15) is 6.10 Å². The van der Waals surface area contributed by atoms with E-state index in [4.69, 9.17) is 9.84 Å². The molecule has 0 aliphatic heterocycles. The largest absolute Gasteiger partial charge is 0.396 e.